The molecule has 5 heteroatoms. The largest absolute Gasteiger partial charge is 0.376 e. The molecule has 0 aromatic heterocycles. The van der Waals surface area contributed by atoms with Crippen LogP contribution in [0.15, 0.2) is 29.3 Å². The summed E-state index contributed by atoms with van der Waals surface area (Å²) in [4.78, 5) is 6.87. The third-order valence-electron chi connectivity index (χ3n) is 6.20. The number of hydrogen-bond acceptors (Lipinski definition) is 3. The van der Waals surface area contributed by atoms with Crippen LogP contribution in [0, 0.1) is 5.41 Å². The first kappa shape index (κ1) is 20.2. The van der Waals surface area contributed by atoms with Crippen LogP contribution in [-0.2, 0) is 17.8 Å². The van der Waals surface area contributed by atoms with Crippen molar-refractivity contribution in [2.75, 3.05) is 33.3 Å². The lowest BCUT2D eigenvalue weighted by Gasteiger charge is -2.41. The van der Waals surface area contributed by atoms with Gasteiger partial charge in [0.1, 0.15) is 0 Å². The van der Waals surface area contributed by atoms with Crippen LogP contribution in [0.5, 0.6) is 0 Å². The van der Waals surface area contributed by atoms with Gasteiger partial charge in [-0.25, -0.2) is 0 Å². The van der Waals surface area contributed by atoms with Crippen molar-refractivity contribution in [3.05, 3.63) is 35.4 Å². The first-order valence-corrected chi connectivity index (χ1v) is 10.5. The lowest BCUT2D eigenvalue weighted by Crippen LogP contribution is -2.46. The fourth-order valence-electron chi connectivity index (χ4n) is 4.14. The van der Waals surface area contributed by atoms with Gasteiger partial charge in [0.15, 0.2) is 5.96 Å². The van der Waals surface area contributed by atoms with E-state index in [0.29, 0.717) is 11.5 Å². The number of ether oxygens (including phenoxy) is 1. The number of benzene rings is 1. The van der Waals surface area contributed by atoms with E-state index in [9.17, 15) is 0 Å². The Morgan fingerprint density at radius 3 is 2.78 bits per heavy atom. The molecule has 2 aliphatic rings. The zero-order valence-corrected chi connectivity index (χ0v) is 17.3. The number of morpholine rings is 1. The molecule has 27 heavy (non-hydrogen) atoms. The molecule has 2 fully saturated rings. The van der Waals surface area contributed by atoms with Crippen molar-refractivity contribution in [1.29, 1.82) is 0 Å². The molecule has 0 spiro atoms. The number of guanidine groups is 1. The van der Waals surface area contributed by atoms with Crippen LogP contribution < -0.4 is 10.6 Å². The maximum absolute atomic E-state index is 5.64. The predicted molar refractivity (Wildman–Crippen MR) is 112 cm³/mol. The molecule has 5 nitrogen and oxygen atoms in total. The van der Waals surface area contributed by atoms with Gasteiger partial charge in [-0.2, -0.15) is 0 Å². The number of nitrogens with one attached hydrogen (secondary N) is 2. The van der Waals surface area contributed by atoms with Gasteiger partial charge in [-0.15, -0.1) is 0 Å². The van der Waals surface area contributed by atoms with E-state index in [2.05, 4.69) is 58.6 Å². The third-order valence-corrected chi connectivity index (χ3v) is 6.20. The molecular formula is C22H36N4O. The highest BCUT2D eigenvalue weighted by Gasteiger charge is 2.34. The lowest BCUT2D eigenvalue weighted by molar-refractivity contribution is -0.0212. The summed E-state index contributed by atoms with van der Waals surface area (Å²) in [6.45, 7) is 10.1. The van der Waals surface area contributed by atoms with E-state index >= 15 is 0 Å². The molecule has 1 atom stereocenters. The minimum atomic E-state index is 0.333. The maximum Gasteiger partial charge on any atom is 0.191 e. The number of aliphatic imine (C=N–C) groups is 1. The average molecular weight is 373 g/mol. The summed E-state index contributed by atoms with van der Waals surface area (Å²) in [6, 6.07) is 8.87. The van der Waals surface area contributed by atoms with Crippen LogP contribution in [0.25, 0.3) is 0 Å². The molecule has 1 unspecified atom stereocenters. The molecule has 1 heterocycles. The Balaban J connectivity index is 1.48. The molecule has 2 N–H and O–H groups in total. The Bertz CT molecular complexity index is 621. The van der Waals surface area contributed by atoms with E-state index in [1.54, 1.807) is 0 Å². The summed E-state index contributed by atoms with van der Waals surface area (Å²) < 4.78 is 5.64. The fourth-order valence-corrected chi connectivity index (χ4v) is 4.14. The van der Waals surface area contributed by atoms with Crippen molar-refractivity contribution in [1.82, 2.24) is 15.5 Å². The van der Waals surface area contributed by atoms with Crippen molar-refractivity contribution in [2.24, 2.45) is 10.4 Å². The molecule has 0 radical (unpaired) electrons. The molecule has 1 aromatic rings. The molecule has 1 saturated heterocycles. The highest BCUT2D eigenvalue weighted by atomic mass is 16.5. The molecule has 1 aliphatic heterocycles. The monoisotopic (exact) mass is 372 g/mol. The van der Waals surface area contributed by atoms with Crippen molar-refractivity contribution < 1.29 is 4.74 Å². The van der Waals surface area contributed by atoms with Gasteiger partial charge in [0.25, 0.3) is 0 Å². The fraction of sp³-hybridized carbons (Fsp3) is 0.682. The van der Waals surface area contributed by atoms with Gasteiger partial charge in [0.05, 0.1) is 12.7 Å². The van der Waals surface area contributed by atoms with E-state index in [1.807, 2.05) is 7.05 Å². The highest BCUT2D eigenvalue weighted by molar-refractivity contribution is 5.79. The minimum absolute atomic E-state index is 0.333. The van der Waals surface area contributed by atoms with Crippen LogP contribution in [-0.4, -0.2) is 50.3 Å². The van der Waals surface area contributed by atoms with Crippen molar-refractivity contribution >= 4 is 5.96 Å². The van der Waals surface area contributed by atoms with E-state index in [-0.39, 0.29) is 0 Å². The molecule has 1 aromatic carbocycles. The average Bonchev–Trinajstić information content (AvgIpc) is 2.64. The van der Waals surface area contributed by atoms with Crippen LogP contribution in [0.2, 0.25) is 0 Å². The van der Waals surface area contributed by atoms with Crippen LogP contribution in [0.4, 0.5) is 0 Å². The summed E-state index contributed by atoms with van der Waals surface area (Å²) in [5, 5.41) is 7.01. The van der Waals surface area contributed by atoms with Gasteiger partial charge in [-0.1, -0.05) is 37.6 Å². The first-order valence-electron chi connectivity index (χ1n) is 10.5. The second-order valence-corrected chi connectivity index (χ2v) is 8.22. The number of rotatable bonds is 7. The Morgan fingerprint density at radius 1 is 1.30 bits per heavy atom. The second kappa shape index (κ2) is 9.56. The minimum Gasteiger partial charge on any atom is -0.376 e. The SMILES string of the molecule is CCC1(CNC(=NC)NCc2cccc(CN3CCOC(C)C3)c2)CCC1. The molecular weight excluding hydrogens is 336 g/mol. The van der Waals surface area contributed by atoms with Crippen molar-refractivity contribution in [3.63, 3.8) is 0 Å². The van der Waals surface area contributed by atoms with Gasteiger partial charge >= 0.3 is 0 Å². The molecule has 1 saturated carbocycles. The highest BCUT2D eigenvalue weighted by Crippen LogP contribution is 2.42. The lowest BCUT2D eigenvalue weighted by atomic mass is 9.67. The Kier molecular flexibility index (Phi) is 7.13. The van der Waals surface area contributed by atoms with Gasteiger partial charge in [0, 0.05) is 39.8 Å². The van der Waals surface area contributed by atoms with E-state index < -0.39 is 0 Å². The zero-order valence-electron chi connectivity index (χ0n) is 17.3. The molecule has 150 valence electrons. The van der Waals surface area contributed by atoms with Crippen LogP contribution in [0.1, 0.15) is 50.7 Å². The summed E-state index contributed by atoms with van der Waals surface area (Å²) >= 11 is 0. The topological polar surface area (TPSA) is 48.9 Å². The van der Waals surface area contributed by atoms with Gasteiger partial charge < -0.3 is 15.4 Å². The van der Waals surface area contributed by atoms with Crippen LogP contribution in [0.3, 0.4) is 0 Å². The van der Waals surface area contributed by atoms with Gasteiger partial charge in [0.2, 0.25) is 0 Å². The zero-order chi connectivity index (χ0) is 19.1. The maximum atomic E-state index is 5.64. The molecule has 0 amide bonds. The number of nitrogens with zero attached hydrogens (tertiary/aromatic N) is 2. The normalized spacial score (nSPS) is 22.9. The van der Waals surface area contributed by atoms with Gasteiger partial charge in [-0.05, 0) is 42.7 Å². The number of hydrogen-bond donors (Lipinski definition) is 2. The quantitative estimate of drug-likeness (QED) is 0.570. The Hall–Kier alpha value is -1.59. The molecule has 1 aliphatic carbocycles. The second-order valence-electron chi connectivity index (χ2n) is 8.22. The standard InChI is InChI=1S/C22H36N4O/c1-4-22(9-6-10-22)17-25-21(23-3)24-14-19-7-5-8-20(13-19)16-26-11-12-27-18(2)15-26/h5,7-8,13,18H,4,6,9-12,14-17H2,1-3H3,(H2,23,24,25). The third kappa shape index (κ3) is 5.69. The van der Waals surface area contributed by atoms with Crippen LogP contribution >= 0.6 is 0 Å². The van der Waals surface area contributed by atoms with E-state index in [1.165, 1.54) is 36.8 Å². The van der Waals surface area contributed by atoms with Crippen molar-refractivity contribution in [3.8, 4) is 0 Å². The molecule has 0 bridgehead atoms. The Labute approximate surface area is 164 Å². The summed E-state index contributed by atoms with van der Waals surface area (Å²) in [5.41, 5.74) is 3.16. The summed E-state index contributed by atoms with van der Waals surface area (Å²) in [6.07, 6.45) is 5.64. The van der Waals surface area contributed by atoms with Crippen molar-refractivity contribution in [2.45, 2.75) is 58.7 Å². The first-order chi connectivity index (χ1) is 13.1. The molecule has 3 rings (SSSR count). The van der Waals surface area contributed by atoms with E-state index in [4.69, 9.17) is 4.74 Å². The smallest absolute Gasteiger partial charge is 0.191 e. The van der Waals surface area contributed by atoms with Gasteiger partial charge in [-0.3, -0.25) is 9.89 Å². The summed E-state index contributed by atoms with van der Waals surface area (Å²) in [5.74, 6) is 0.905. The Morgan fingerprint density at radius 2 is 2.11 bits per heavy atom. The predicted octanol–water partition coefficient (Wildman–Crippen LogP) is 3.15. The van der Waals surface area contributed by atoms with E-state index in [0.717, 1.165) is 45.3 Å². The summed E-state index contributed by atoms with van der Waals surface area (Å²) in [7, 11) is 1.85.